The van der Waals surface area contributed by atoms with Crippen molar-refractivity contribution in [1.82, 2.24) is 0 Å². The fourth-order valence-electron chi connectivity index (χ4n) is 2.19. The molecule has 0 aromatic heterocycles. The summed E-state index contributed by atoms with van der Waals surface area (Å²) < 4.78 is 27.9. The van der Waals surface area contributed by atoms with Gasteiger partial charge in [0.15, 0.2) is 0 Å². The number of carbonyl (C=O) groups is 1. The van der Waals surface area contributed by atoms with Gasteiger partial charge in [-0.1, -0.05) is 39.0 Å². The minimum atomic E-state index is -3.70. The van der Waals surface area contributed by atoms with E-state index in [9.17, 15) is 13.2 Å². The molecule has 0 bridgehead atoms. The van der Waals surface area contributed by atoms with E-state index in [2.05, 4.69) is 10.0 Å². The van der Waals surface area contributed by atoms with Gasteiger partial charge in [-0.3, -0.25) is 9.52 Å². The molecule has 0 atom stereocenters. The first-order valence-electron chi connectivity index (χ1n) is 8.01. The molecule has 2 aromatic rings. The summed E-state index contributed by atoms with van der Waals surface area (Å²) in [5.41, 5.74) is 1.95. The second-order valence-corrected chi connectivity index (χ2v) is 8.81. The first kappa shape index (κ1) is 19.0. The summed E-state index contributed by atoms with van der Waals surface area (Å²) in [7, 11) is -3.70. The molecule has 134 valence electrons. The zero-order chi connectivity index (χ0) is 18.8. The molecule has 0 saturated heterocycles. The van der Waals surface area contributed by atoms with Gasteiger partial charge in [-0.25, -0.2) is 8.42 Å². The summed E-state index contributed by atoms with van der Waals surface area (Å²) in [6.45, 7) is 9.05. The Hall–Kier alpha value is -2.34. The van der Waals surface area contributed by atoms with Crippen molar-refractivity contribution in [3.8, 4) is 0 Å². The van der Waals surface area contributed by atoms with Gasteiger partial charge in [0.1, 0.15) is 0 Å². The highest BCUT2D eigenvalue weighted by atomic mass is 32.2. The SMILES string of the molecule is Cc1ccc(C)c(S(=O)(=O)Nc2cccc(NC(=O)C(C)(C)C)c2)c1. The van der Waals surface area contributed by atoms with E-state index in [0.29, 0.717) is 16.9 Å². The van der Waals surface area contributed by atoms with E-state index in [1.807, 2.05) is 33.8 Å². The Labute approximate surface area is 149 Å². The fraction of sp³-hybridized carbons (Fsp3) is 0.316. The lowest BCUT2D eigenvalue weighted by Gasteiger charge is -2.18. The number of carbonyl (C=O) groups excluding carboxylic acids is 1. The normalized spacial score (nSPS) is 11.9. The molecule has 25 heavy (non-hydrogen) atoms. The third-order valence-corrected chi connectivity index (χ3v) is 5.21. The first-order chi connectivity index (χ1) is 11.5. The highest BCUT2D eigenvalue weighted by Crippen LogP contribution is 2.23. The average molecular weight is 360 g/mol. The molecule has 0 saturated carbocycles. The number of anilines is 2. The van der Waals surface area contributed by atoms with Crippen molar-refractivity contribution in [2.75, 3.05) is 10.0 Å². The Balaban J connectivity index is 2.27. The van der Waals surface area contributed by atoms with Crippen molar-refractivity contribution in [1.29, 1.82) is 0 Å². The van der Waals surface area contributed by atoms with Crippen LogP contribution in [0.25, 0.3) is 0 Å². The van der Waals surface area contributed by atoms with Gasteiger partial charge >= 0.3 is 0 Å². The maximum absolute atomic E-state index is 12.7. The van der Waals surface area contributed by atoms with Crippen LogP contribution in [0.5, 0.6) is 0 Å². The van der Waals surface area contributed by atoms with Gasteiger partial charge in [0.05, 0.1) is 10.6 Å². The smallest absolute Gasteiger partial charge is 0.262 e. The number of sulfonamides is 1. The molecule has 0 aliphatic heterocycles. The van der Waals surface area contributed by atoms with Crippen molar-refractivity contribution in [2.24, 2.45) is 5.41 Å². The van der Waals surface area contributed by atoms with E-state index < -0.39 is 15.4 Å². The summed E-state index contributed by atoms with van der Waals surface area (Å²) in [6, 6.07) is 12.0. The van der Waals surface area contributed by atoms with Crippen molar-refractivity contribution >= 4 is 27.3 Å². The lowest BCUT2D eigenvalue weighted by Crippen LogP contribution is -2.27. The molecule has 0 unspecified atom stereocenters. The van der Waals surface area contributed by atoms with Crippen LogP contribution in [0, 0.1) is 19.3 Å². The fourth-order valence-corrected chi connectivity index (χ4v) is 3.57. The second-order valence-electron chi connectivity index (χ2n) is 7.16. The van der Waals surface area contributed by atoms with Gasteiger partial charge in [-0.15, -0.1) is 0 Å². The summed E-state index contributed by atoms with van der Waals surface area (Å²) >= 11 is 0. The number of rotatable bonds is 4. The predicted octanol–water partition coefficient (Wildman–Crippen LogP) is 4.09. The molecular weight excluding hydrogens is 336 g/mol. The summed E-state index contributed by atoms with van der Waals surface area (Å²) in [4.78, 5) is 12.3. The van der Waals surface area contributed by atoms with Crippen LogP contribution in [0.2, 0.25) is 0 Å². The Bertz CT molecular complexity index is 897. The predicted molar refractivity (Wildman–Crippen MR) is 101 cm³/mol. The van der Waals surface area contributed by atoms with Gasteiger partial charge in [-0.2, -0.15) is 0 Å². The number of hydrogen-bond acceptors (Lipinski definition) is 3. The van der Waals surface area contributed by atoms with Crippen molar-refractivity contribution in [3.63, 3.8) is 0 Å². The largest absolute Gasteiger partial charge is 0.326 e. The highest BCUT2D eigenvalue weighted by molar-refractivity contribution is 7.92. The minimum absolute atomic E-state index is 0.137. The Morgan fingerprint density at radius 3 is 2.24 bits per heavy atom. The van der Waals surface area contributed by atoms with Crippen LogP contribution in [-0.2, 0) is 14.8 Å². The van der Waals surface area contributed by atoms with Gasteiger partial charge in [-0.05, 0) is 49.2 Å². The lowest BCUT2D eigenvalue weighted by molar-refractivity contribution is -0.123. The Kier molecular flexibility index (Phi) is 5.23. The van der Waals surface area contributed by atoms with Crippen LogP contribution in [0.15, 0.2) is 47.4 Å². The van der Waals surface area contributed by atoms with E-state index >= 15 is 0 Å². The van der Waals surface area contributed by atoms with Crippen LogP contribution in [-0.4, -0.2) is 14.3 Å². The maximum Gasteiger partial charge on any atom is 0.262 e. The van der Waals surface area contributed by atoms with Crippen LogP contribution < -0.4 is 10.0 Å². The van der Waals surface area contributed by atoms with E-state index in [1.165, 1.54) is 0 Å². The molecule has 1 amide bonds. The van der Waals surface area contributed by atoms with E-state index in [0.717, 1.165) is 5.56 Å². The van der Waals surface area contributed by atoms with Gasteiger partial charge in [0, 0.05) is 11.1 Å². The molecule has 2 rings (SSSR count). The number of amides is 1. The van der Waals surface area contributed by atoms with Crippen LogP contribution in [0.1, 0.15) is 31.9 Å². The molecule has 5 nitrogen and oxygen atoms in total. The van der Waals surface area contributed by atoms with Gasteiger partial charge in [0.25, 0.3) is 10.0 Å². The van der Waals surface area contributed by atoms with Crippen molar-refractivity contribution < 1.29 is 13.2 Å². The topological polar surface area (TPSA) is 75.3 Å². The number of hydrogen-bond donors (Lipinski definition) is 2. The molecule has 6 heteroatoms. The molecule has 0 radical (unpaired) electrons. The van der Waals surface area contributed by atoms with Crippen LogP contribution >= 0.6 is 0 Å². The van der Waals surface area contributed by atoms with Crippen molar-refractivity contribution in [3.05, 3.63) is 53.6 Å². The van der Waals surface area contributed by atoms with Crippen LogP contribution in [0.3, 0.4) is 0 Å². The molecule has 0 heterocycles. The number of benzene rings is 2. The molecule has 0 aliphatic rings. The zero-order valence-electron chi connectivity index (χ0n) is 15.2. The van der Waals surface area contributed by atoms with E-state index in [4.69, 9.17) is 0 Å². The van der Waals surface area contributed by atoms with Crippen molar-refractivity contribution in [2.45, 2.75) is 39.5 Å². The molecule has 0 aliphatic carbocycles. The monoisotopic (exact) mass is 360 g/mol. The third kappa shape index (κ3) is 4.82. The van der Waals surface area contributed by atoms with Gasteiger partial charge < -0.3 is 5.32 Å². The zero-order valence-corrected chi connectivity index (χ0v) is 16.0. The second kappa shape index (κ2) is 6.88. The quantitative estimate of drug-likeness (QED) is 0.862. The summed E-state index contributed by atoms with van der Waals surface area (Å²) in [5.74, 6) is -0.137. The average Bonchev–Trinajstić information content (AvgIpc) is 2.48. The highest BCUT2D eigenvalue weighted by Gasteiger charge is 2.21. The minimum Gasteiger partial charge on any atom is -0.326 e. The molecular formula is C19H24N2O3S. The lowest BCUT2D eigenvalue weighted by atomic mass is 9.95. The maximum atomic E-state index is 12.7. The third-order valence-electron chi connectivity index (χ3n) is 3.69. The standard InChI is InChI=1S/C19H24N2O3S/c1-13-9-10-14(2)17(11-13)25(23,24)21-16-8-6-7-15(12-16)20-18(22)19(3,4)5/h6-12,21H,1-5H3,(H,20,22). The van der Waals surface area contributed by atoms with E-state index in [-0.39, 0.29) is 10.8 Å². The Morgan fingerprint density at radius 2 is 1.60 bits per heavy atom. The molecule has 2 N–H and O–H groups in total. The summed E-state index contributed by atoms with van der Waals surface area (Å²) in [6.07, 6.45) is 0. The molecule has 2 aromatic carbocycles. The summed E-state index contributed by atoms with van der Waals surface area (Å²) in [5, 5.41) is 2.79. The number of nitrogens with one attached hydrogen (secondary N) is 2. The Morgan fingerprint density at radius 1 is 0.960 bits per heavy atom. The molecule has 0 spiro atoms. The van der Waals surface area contributed by atoms with E-state index in [1.54, 1.807) is 43.3 Å². The first-order valence-corrected chi connectivity index (χ1v) is 9.49. The van der Waals surface area contributed by atoms with Crippen LogP contribution in [0.4, 0.5) is 11.4 Å². The number of aryl methyl sites for hydroxylation is 2. The van der Waals surface area contributed by atoms with Gasteiger partial charge in [0.2, 0.25) is 5.91 Å². The molecule has 0 fully saturated rings.